The number of benzene rings is 1. The highest BCUT2D eigenvalue weighted by atomic mass is 79.9. The van der Waals surface area contributed by atoms with Crippen molar-refractivity contribution in [2.75, 3.05) is 6.54 Å². The van der Waals surface area contributed by atoms with Crippen molar-refractivity contribution in [2.24, 2.45) is 5.41 Å². The van der Waals surface area contributed by atoms with Crippen molar-refractivity contribution in [3.8, 4) is 11.4 Å². The lowest BCUT2D eigenvalue weighted by atomic mass is 9.90. The summed E-state index contributed by atoms with van der Waals surface area (Å²) in [4.78, 5) is 19.2. The van der Waals surface area contributed by atoms with Crippen LogP contribution in [-0.4, -0.2) is 27.5 Å². The molecule has 0 unspecified atom stereocenters. The predicted octanol–water partition coefficient (Wildman–Crippen LogP) is 4.99. The quantitative estimate of drug-likeness (QED) is 0.721. The van der Waals surface area contributed by atoms with Gasteiger partial charge in [-0.05, 0) is 48.9 Å². The van der Waals surface area contributed by atoms with Crippen LogP contribution < -0.4 is 0 Å². The maximum atomic E-state index is 12.7. The SMILES string of the molecule is CC(C)(C)CC(=O)N1CCCC[C@@H]1c1nc(-c2ccc(Br)cc2)no1. The number of carbonyl (C=O) groups excluding carboxylic acids is 1. The van der Waals surface area contributed by atoms with E-state index in [-0.39, 0.29) is 17.4 Å². The largest absolute Gasteiger partial charge is 0.337 e. The third kappa shape index (κ3) is 4.48. The van der Waals surface area contributed by atoms with Crippen molar-refractivity contribution in [1.29, 1.82) is 0 Å². The molecule has 6 heteroatoms. The lowest BCUT2D eigenvalue weighted by molar-refractivity contribution is -0.137. The summed E-state index contributed by atoms with van der Waals surface area (Å²) in [5, 5.41) is 4.12. The minimum absolute atomic E-state index is 0.0312. The number of amides is 1. The van der Waals surface area contributed by atoms with Crippen LogP contribution in [0.1, 0.15) is 58.4 Å². The van der Waals surface area contributed by atoms with Crippen LogP contribution in [0.5, 0.6) is 0 Å². The molecule has 1 fully saturated rings. The number of rotatable bonds is 3. The lowest BCUT2D eigenvalue weighted by Crippen LogP contribution is -2.40. The molecule has 2 aromatic rings. The first-order valence-corrected chi connectivity index (χ1v) is 9.52. The Kier molecular flexibility index (Phi) is 5.27. The minimum atomic E-state index is -0.111. The molecule has 1 aliphatic heterocycles. The fraction of sp³-hybridized carbons (Fsp3) is 0.526. The second-order valence-electron chi connectivity index (χ2n) is 7.80. The molecule has 1 aromatic heterocycles. The Labute approximate surface area is 156 Å². The number of halogens is 1. The zero-order chi connectivity index (χ0) is 18.0. The molecule has 0 radical (unpaired) electrons. The van der Waals surface area contributed by atoms with Gasteiger partial charge in [0.05, 0.1) is 0 Å². The third-order valence-corrected chi connectivity index (χ3v) is 4.86. The Morgan fingerprint density at radius 2 is 2.00 bits per heavy atom. The van der Waals surface area contributed by atoms with E-state index in [0.29, 0.717) is 18.1 Å². The second-order valence-corrected chi connectivity index (χ2v) is 8.71. The molecule has 3 rings (SSSR count). The van der Waals surface area contributed by atoms with Crippen LogP contribution in [0.25, 0.3) is 11.4 Å². The normalized spacial score (nSPS) is 18.4. The fourth-order valence-electron chi connectivity index (χ4n) is 3.13. The number of hydrogen-bond donors (Lipinski definition) is 0. The topological polar surface area (TPSA) is 59.2 Å². The molecule has 2 heterocycles. The molecule has 1 aromatic carbocycles. The zero-order valence-electron chi connectivity index (χ0n) is 15.0. The molecular weight excluding hydrogens is 382 g/mol. The van der Waals surface area contributed by atoms with Crippen molar-refractivity contribution in [3.05, 3.63) is 34.6 Å². The summed E-state index contributed by atoms with van der Waals surface area (Å²) in [6.07, 6.45) is 3.50. The van der Waals surface area contributed by atoms with Gasteiger partial charge in [0.1, 0.15) is 6.04 Å². The highest BCUT2D eigenvalue weighted by molar-refractivity contribution is 9.10. The predicted molar refractivity (Wildman–Crippen MR) is 99.8 cm³/mol. The van der Waals surface area contributed by atoms with Gasteiger partial charge in [-0.1, -0.05) is 41.9 Å². The minimum Gasteiger partial charge on any atom is -0.337 e. The molecule has 1 amide bonds. The van der Waals surface area contributed by atoms with Gasteiger partial charge in [0.25, 0.3) is 0 Å². The second kappa shape index (κ2) is 7.28. The molecule has 1 saturated heterocycles. The Bertz CT molecular complexity index is 734. The fourth-order valence-corrected chi connectivity index (χ4v) is 3.39. The van der Waals surface area contributed by atoms with Crippen molar-refractivity contribution in [3.63, 3.8) is 0 Å². The average Bonchev–Trinajstić information content (AvgIpc) is 3.04. The van der Waals surface area contributed by atoms with Gasteiger partial charge in [0, 0.05) is 23.0 Å². The molecule has 0 N–H and O–H groups in total. The van der Waals surface area contributed by atoms with Crippen molar-refractivity contribution >= 4 is 21.8 Å². The smallest absolute Gasteiger partial charge is 0.249 e. The van der Waals surface area contributed by atoms with E-state index in [1.807, 2.05) is 29.2 Å². The Balaban J connectivity index is 1.81. The molecule has 5 nitrogen and oxygen atoms in total. The number of piperidine rings is 1. The van der Waals surface area contributed by atoms with E-state index < -0.39 is 0 Å². The Morgan fingerprint density at radius 3 is 2.68 bits per heavy atom. The Morgan fingerprint density at radius 1 is 1.28 bits per heavy atom. The summed E-state index contributed by atoms with van der Waals surface area (Å²) in [6.45, 7) is 7.02. The van der Waals surface area contributed by atoms with Crippen molar-refractivity contribution < 1.29 is 9.32 Å². The van der Waals surface area contributed by atoms with E-state index in [1.54, 1.807) is 0 Å². The van der Waals surface area contributed by atoms with E-state index in [1.165, 1.54) is 0 Å². The van der Waals surface area contributed by atoms with Gasteiger partial charge in [0.15, 0.2) is 0 Å². The molecule has 0 spiro atoms. The van der Waals surface area contributed by atoms with E-state index in [9.17, 15) is 4.79 Å². The molecule has 1 atom stereocenters. The molecule has 25 heavy (non-hydrogen) atoms. The van der Waals surface area contributed by atoms with Gasteiger partial charge < -0.3 is 9.42 Å². The van der Waals surface area contributed by atoms with E-state index in [2.05, 4.69) is 46.8 Å². The molecule has 1 aliphatic rings. The summed E-state index contributed by atoms with van der Waals surface area (Å²) in [6, 6.07) is 7.68. The molecule has 0 aliphatic carbocycles. The number of carbonyl (C=O) groups is 1. The molecule has 0 bridgehead atoms. The summed E-state index contributed by atoms with van der Waals surface area (Å²) >= 11 is 3.42. The van der Waals surface area contributed by atoms with Crippen LogP contribution in [0.3, 0.4) is 0 Å². The third-order valence-electron chi connectivity index (χ3n) is 4.33. The first-order chi connectivity index (χ1) is 11.8. The zero-order valence-corrected chi connectivity index (χ0v) is 16.5. The summed E-state index contributed by atoms with van der Waals surface area (Å²) in [7, 11) is 0. The lowest BCUT2D eigenvalue weighted by Gasteiger charge is -2.35. The number of hydrogen-bond acceptors (Lipinski definition) is 4. The van der Waals surface area contributed by atoms with Crippen LogP contribution >= 0.6 is 15.9 Å². The van der Waals surface area contributed by atoms with Gasteiger partial charge in [-0.15, -0.1) is 0 Å². The van der Waals surface area contributed by atoms with E-state index >= 15 is 0 Å². The number of aromatic nitrogens is 2. The summed E-state index contributed by atoms with van der Waals surface area (Å²) < 4.78 is 6.54. The van der Waals surface area contributed by atoms with Crippen LogP contribution in [-0.2, 0) is 4.79 Å². The number of nitrogens with zero attached hydrogens (tertiary/aromatic N) is 3. The van der Waals surface area contributed by atoms with Gasteiger partial charge in [-0.2, -0.15) is 4.98 Å². The highest BCUT2D eigenvalue weighted by Gasteiger charge is 2.33. The van der Waals surface area contributed by atoms with Crippen LogP contribution in [0.4, 0.5) is 0 Å². The van der Waals surface area contributed by atoms with Crippen LogP contribution in [0.2, 0.25) is 0 Å². The van der Waals surface area contributed by atoms with Gasteiger partial charge in [-0.25, -0.2) is 0 Å². The van der Waals surface area contributed by atoms with Crippen LogP contribution in [0, 0.1) is 5.41 Å². The maximum absolute atomic E-state index is 12.7. The summed E-state index contributed by atoms with van der Waals surface area (Å²) in [5.41, 5.74) is 0.873. The monoisotopic (exact) mass is 405 g/mol. The first-order valence-electron chi connectivity index (χ1n) is 8.72. The Hall–Kier alpha value is -1.69. The highest BCUT2D eigenvalue weighted by Crippen LogP contribution is 2.33. The first kappa shape index (κ1) is 18.1. The summed E-state index contributed by atoms with van der Waals surface area (Å²) in [5.74, 6) is 1.27. The van der Waals surface area contributed by atoms with Gasteiger partial charge >= 0.3 is 0 Å². The van der Waals surface area contributed by atoms with Crippen molar-refractivity contribution in [2.45, 2.75) is 52.5 Å². The van der Waals surface area contributed by atoms with Gasteiger partial charge in [0.2, 0.25) is 17.6 Å². The average molecular weight is 406 g/mol. The standard InChI is InChI=1S/C19H24BrN3O2/c1-19(2,3)12-16(24)23-11-5-4-6-15(23)18-21-17(22-25-18)13-7-9-14(20)10-8-13/h7-10,15H,4-6,11-12H2,1-3H3/t15-/m1/s1. The number of likely N-dealkylation sites (tertiary alicyclic amines) is 1. The molecule has 0 saturated carbocycles. The molecule has 134 valence electrons. The molecular formula is C19H24BrN3O2. The maximum Gasteiger partial charge on any atom is 0.249 e. The van der Waals surface area contributed by atoms with E-state index in [0.717, 1.165) is 35.8 Å². The van der Waals surface area contributed by atoms with Crippen LogP contribution in [0.15, 0.2) is 33.3 Å². The van der Waals surface area contributed by atoms with Crippen molar-refractivity contribution in [1.82, 2.24) is 15.0 Å². The van der Waals surface area contributed by atoms with E-state index in [4.69, 9.17) is 4.52 Å². The van der Waals surface area contributed by atoms with Gasteiger partial charge in [-0.3, -0.25) is 4.79 Å².